The van der Waals surface area contributed by atoms with Crippen molar-refractivity contribution in [2.24, 2.45) is 0 Å². The number of rotatable bonds is 5. The minimum atomic E-state index is -0.405. The van der Waals surface area contributed by atoms with Gasteiger partial charge in [0.15, 0.2) is 11.5 Å². The van der Waals surface area contributed by atoms with Crippen molar-refractivity contribution in [3.05, 3.63) is 71.6 Å². The van der Waals surface area contributed by atoms with Gasteiger partial charge in [0.2, 0.25) is 0 Å². The van der Waals surface area contributed by atoms with Gasteiger partial charge in [-0.1, -0.05) is 6.07 Å². The van der Waals surface area contributed by atoms with Crippen LogP contribution in [0.3, 0.4) is 0 Å². The second-order valence-corrected chi connectivity index (χ2v) is 6.16. The van der Waals surface area contributed by atoms with Crippen LogP contribution in [-0.4, -0.2) is 27.6 Å². The zero-order chi connectivity index (χ0) is 17.4. The molecule has 1 fully saturated rings. The number of imidazole rings is 1. The predicted octanol–water partition coefficient (Wildman–Crippen LogP) is 2.96. The first-order valence-electron chi connectivity index (χ1n) is 8.17. The molecule has 0 aliphatic heterocycles. The van der Waals surface area contributed by atoms with Gasteiger partial charge in [0.1, 0.15) is 11.6 Å². The van der Waals surface area contributed by atoms with Gasteiger partial charge in [-0.2, -0.15) is 0 Å². The highest BCUT2D eigenvalue weighted by Gasteiger charge is 2.30. The van der Waals surface area contributed by atoms with E-state index in [0.717, 1.165) is 24.2 Å². The number of hydrogen-bond acceptors (Lipinski definition) is 3. The number of aromatic nitrogens is 2. The van der Waals surface area contributed by atoms with Crippen molar-refractivity contribution in [1.82, 2.24) is 14.7 Å². The number of nitrogens with zero attached hydrogens (tertiary/aromatic N) is 2. The molecule has 1 N–H and O–H groups in total. The van der Waals surface area contributed by atoms with E-state index in [1.54, 1.807) is 0 Å². The number of Topliss-reactive ketones (excluding diaryl/α,β-unsaturated/α-hetero) is 1. The van der Waals surface area contributed by atoms with Crippen molar-refractivity contribution in [2.45, 2.75) is 18.8 Å². The Hall–Kier alpha value is -3.02. The van der Waals surface area contributed by atoms with E-state index in [1.807, 2.05) is 28.8 Å². The number of fused-ring (bicyclic) bond motifs is 1. The summed E-state index contributed by atoms with van der Waals surface area (Å²) in [6.45, 7) is -0.158. The first kappa shape index (κ1) is 15.5. The molecule has 0 saturated heterocycles. The monoisotopic (exact) mass is 337 g/mol. The second-order valence-electron chi connectivity index (χ2n) is 6.16. The van der Waals surface area contributed by atoms with Gasteiger partial charge in [-0.15, -0.1) is 0 Å². The fourth-order valence-electron chi connectivity index (χ4n) is 2.84. The molecule has 0 spiro atoms. The molecule has 1 amide bonds. The van der Waals surface area contributed by atoms with Gasteiger partial charge in [-0.25, -0.2) is 9.37 Å². The molecule has 1 aliphatic carbocycles. The molecular weight excluding hydrogens is 321 g/mol. The van der Waals surface area contributed by atoms with E-state index in [1.165, 1.54) is 24.3 Å². The van der Waals surface area contributed by atoms with Crippen molar-refractivity contribution < 1.29 is 14.0 Å². The third-order valence-electron chi connectivity index (χ3n) is 4.31. The number of pyridine rings is 1. The van der Waals surface area contributed by atoms with E-state index in [4.69, 9.17) is 0 Å². The lowest BCUT2D eigenvalue weighted by atomic mass is 10.1. The molecule has 6 heteroatoms. The number of carbonyl (C=O) groups excluding carboxylic acids is 2. The van der Waals surface area contributed by atoms with Gasteiger partial charge < -0.3 is 9.72 Å². The van der Waals surface area contributed by atoms with E-state index < -0.39 is 5.82 Å². The van der Waals surface area contributed by atoms with Crippen LogP contribution in [0.1, 0.15) is 45.4 Å². The summed E-state index contributed by atoms with van der Waals surface area (Å²) in [5, 5.41) is 2.62. The van der Waals surface area contributed by atoms with E-state index in [2.05, 4.69) is 10.3 Å². The van der Waals surface area contributed by atoms with E-state index in [9.17, 15) is 14.0 Å². The average Bonchev–Trinajstić information content (AvgIpc) is 3.40. The van der Waals surface area contributed by atoms with E-state index in [-0.39, 0.29) is 18.2 Å². The normalized spacial score (nSPS) is 13.8. The Kier molecular flexibility index (Phi) is 3.80. The number of benzene rings is 1. The molecule has 0 atom stereocenters. The molecule has 25 heavy (non-hydrogen) atoms. The number of ketones is 1. The van der Waals surface area contributed by atoms with Crippen molar-refractivity contribution in [2.75, 3.05) is 6.54 Å². The maximum absolute atomic E-state index is 12.9. The summed E-state index contributed by atoms with van der Waals surface area (Å²) in [6, 6.07) is 10.9. The summed E-state index contributed by atoms with van der Waals surface area (Å²) in [4.78, 5) is 29.1. The Labute approximate surface area is 143 Å². The quantitative estimate of drug-likeness (QED) is 0.728. The molecule has 2 heterocycles. The first-order chi connectivity index (χ1) is 12.1. The molecule has 1 saturated carbocycles. The molecule has 0 radical (unpaired) electrons. The SMILES string of the molecule is O=C(CNC(=O)c1nc(C2CC2)n2ccccc12)c1ccc(F)cc1. The molecule has 1 aromatic carbocycles. The highest BCUT2D eigenvalue weighted by Crippen LogP contribution is 2.39. The lowest BCUT2D eigenvalue weighted by Crippen LogP contribution is -2.30. The van der Waals surface area contributed by atoms with E-state index >= 15 is 0 Å². The predicted molar refractivity (Wildman–Crippen MR) is 90.2 cm³/mol. The van der Waals surface area contributed by atoms with Crippen LogP contribution in [0.2, 0.25) is 0 Å². The molecule has 0 unspecified atom stereocenters. The van der Waals surface area contributed by atoms with Crippen LogP contribution in [-0.2, 0) is 0 Å². The molecule has 1 aliphatic rings. The van der Waals surface area contributed by atoms with Gasteiger partial charge in [0.25, 0.3) is 5.91 Å². The van der Waals surface area contributed by atoms with E-state index in [0.29, 0.717) is 17.2 Å². The zero-order valence-corrected chi connectivity index (χ0v) is 13.4. The summed E-state index contributed by atoms with van der Waals surface area (Å²) in [5.74, 6) is 0.228. The minimum absolute atomic E-state index is 0.158. The van der Waals surface area contributed by atoms with Gasteiger partial charge in [-0.3, -0.25) is 9.59 Å². The lowest BCUT2D eigenvalue weighted by Gasteiger charge is -2.03. The van der Waals surface area contributed by atoms with Crippen molar-refractivity contribution in [3.8, 4) is 0 Å². The molecule has 4 rings (SSSR count). The molecule has 5 nitrogen and oxygen atoms in total. The summed E-state index contributed by atoms with van der Waals surface area (Å²) in [6.07, 6.45) is 4.06. The Morgan fingerprint density at radius 1 is 1.16 bits per heavy atom. The van der Waals surface area contributed by atoms with Crippen LogP contribution in [0, 0.1) is 5.82 Å². The lowest BCUT2D eigenvalue weighted by molar-refractivity contribution is 0.0902. The second kappa shape index (κ2) is 6.12. The highest BCUT2D eigenvalue weighted by atomic mass is 19.1. The van der Waals surface area contributed by atoms with Crippen molar-refractivity contribution in [1.29, 1.82) is 0 Å². The van der Waals surface area contributed by atoms with Gasteiger partial charge in [0.05, 0.1) is 12.1 Å². The molecule has 2 aromatic heterocycles. The first-order valence-corrected chi connectivity index (χ1v) is 8.17. The zero-order valence-electron chi connectivity index (χ0n) is 13.4. The van der Waals surface area contributed by atoms with Crippen LogP contribution >= 0.6 is 0 Å². The molecule has 126 valence electrons. The molecule has 0 bridgehead atoms. The minimum Gasteiger partial charge on any atom is -0.343 e. The average molecular weight is 337 g/mol. The maximum atomic E-state index is 12.9. The Morgan fingerprint density at radius 2 is 1.92 bits per heavy atom. The number of amides is 1. The third-order valence-corrected chi connectivity index (χ3v) is 4.31. The van der Waals surface area contributed by atoms with Gasteiger partial charge in [-0.05, 0) is 49.2 Å². The van der Waals surface area contributed by atoms with Crippen molar-refractivity contribution in [3.63, 3.8) is 0 Å². The fraction of sp³-hybridized carbons (Fsp3) is 0.211. The molecule has 3 aromatic rings. The summed E-state index contributed by atoms with van der Waals surface area (Å²) < 4.78 is 14.9. The number of hydrogen-bond donors (Lipinski definition) is 1. The van der Waals surface area contributed by atoms with Gasteiger partial charge in [0, 0.05) is 17.7 Å². The van der Waals surface area contributed by atoms with Crippen LogP contribution in [0.5, 0.6) is 0 Å². The third kappa shape index (κ3) is 3.03. The number of carbonyl (C=O) groups is 2. The summed E-state index contributed by atoms with van der Waals surface area (Å²) in [7, 11) is 0. The standard InChI is InChI=1S/C19H16FN3O2/c20-14-8-6-12(7-9-14)16(24)11-21-19(25)17-15-3-1-2-10-23(15)18(22-17)13-4-5-13/h1-3,6-10,13H,4-5,11H2,(H,21,25). The van der Waals surface area contributed by atoms with Crippen LogP contribution in [0.15, 0.2) is 48.7 Å². The Bertz CT molecular complexity index is 958. The topological polar surface area (TPSA) is 63.5 Å². The van der Waals surface area contributed by atoms with Gasteiger partial charge >= 0.3 is 0 Å². The number of nitrogens with one attached hydrogen (secondary N) is 1. The van der Waals surface area contributed by atoms with Crippen LogP contribution in [0.25, 0.3) is 5.52 Å². The fourth-order valence-corrected chi connectivity index (χ4v) is 2.84. The summed E-state index contributed by atoms with van der Waals surface area (Å²) in [5.41, 5.74) is 1.42. The Morgan fingerprint density at radius 3 is 2.64 bits per heavy atom. The largest absolute Gasteiger partial charge is 0.343 e. The Balaban J connectivity index is 1.52. The van der Waals surface area contributed by atoms with Crippen molar-refractivity contribution >= 4 is 17.2 Å². The molecular formula is C19H16FN3O2. The van der Waals surface area contributed by atoms with Crippen LogP contribution in [0.4, 0.5) is 4.39 Å². The summed E-state index contributed by atoms with van der Waals surface area (Å²) >= 11 is 0. The smallest absolute Gasteiger partial charge is 0.272 e. The van der Waals surface area contributed by atoms with Crippen LogP contribution < -0.4 is 5.32 Å². The number of halogens is 1. The maximum Gasteiger partial charge on any atom is 0.272 e. The highest BCUT2D eigenvalue weighted by molar-refractivity contribution is 6.04.